The predicted octanol–water partition coefficient (Wildman–Crippen LogP) is 0.809. The standard InChI is InChI=1S/C11H9NO3/c1-15-9-3-2-7-4-8(6-13)11(14)12-10(7)5-9/h2-7H,1H3. The summed E-state index contributed by atoms with van der Waals surface area (Å²) in [4.78, 5) is 25.7. The molecule has 1 unspecified atom stereocenters. The first-order valence-corrected chi connectivity index (χ1v) is 4.48. The second-order valence-corrected chi connectivity index (χ2v) is 3.22. The number of amides is 1. The molecular weight excluding hydrogens is 194 g/mol. The summed E-state index contributed by atoms with van der Waals surface area (Å²) >= 11 is 0. The van der Waals surface area contributed by atoms with Gasteiger partial charge in [-0.25, -0.2) is 4.99 Å². The zero-order chi connectivity index (χ0) is 10.8. The predicted molar refractivity (Wildman–Crippen MR) is 54.3 cm³/mol. The molecule has 15 heavy (non-hydrogen) atoms. The van der Waals surface area contributed by atoms with E-state index in [1.54, 1.807) is 25.3 Å². The van der Waals surface area contributed by atoms with Gasteiger partial charge in [-0.05, 0) is 6.08 Å². The van der Waals surface area contributed by atoms with Gasteiger partial charge >= 0.3 is 0 Å². The molecule has 0 N–H and O–H groups in total. The third-order valence-electron chi connectivity index (χ3n) is 2.30. The average Bonchev–Trinajstić information content (AvgIpc) is 2.27. The molecule has 0 aromatic rings. The van der Waals surface area contributed by atoms with Gasteiger partial charge in [0.05, 0.1) is 18.4 Å². The Morgan fingerprint density at radius 1 is 1.53 bits per heavy atom. The lowest BCUT2D eigenvalue weighted by Gasteiger charge is -2.18. The highest BCUT2D eigenvalue weighted by Crippen LogP contribution is 2.21. The Morgan fingerprint density at radius 3 is 3.00 bits per heavy atom. The van der Waals surface area contributed by atoms with Gasteiger partial charge in [0.2, 0.25) is 0 Å². The number of allylic oxidation sites excluding steroid dienone is 4. The number of rotatable bonds is 2. The lowest BCUT2D eigenvalue weighted by Crippen LogP contribution is -2.21. The Bertz CT molecular complexity index is 441. The van der Waals surface area contributed by atoms with Gasteiger partial charge in [-0.2, -0.15) is 0 Å². The Hall–Kier alpha value is -1.97. The van der Waals surface area contributed by atoms with Crippen molar-refractivity contribution >= 4 is 17.9 Å². The smallest absolute Gasteiger partial charge is 0.280 e. The van der Waals surface area contributed by atoms with Crippen LogP contribution in [0.5, 0.6) is 0 Å². The number of fused-ring (bicyclic) bond motifs is 1. The molecule has 2 aliphatic rings. The molecule has 0 saturated heterocycles. The van der Waals surface area contributed by atoms with Gasteiger partial charge in [0, 0.05) is 12.0 Å². The normalized spacial score (nSPS) is 23.7. The Labute approximate surface area is 86.6 Å². The number of carbonyl (C=O) groups is 2. The summed E-state index contributed by atoms with van der Waals surface area (Å²) in [5.74, 6) is 0.0702. The minimum Gasteiger partial charge on any atom is -0.497 e. The van der Waals surface area contributed by atoms with Crippen LogP contribution in [-0.2, 0) is 14.3 Å². The average molecular weight is 203 g/mol. The molecule has 0 radical (unpaired) electrons. The van der Waals surface area contributed by atoms with Crippen molar-refractivity contribution in [2.75, 3.05) is 7.11 Å². The largest absolute Gasteiger partial charge is 0.497 e. The first kappa shape index (κ1) is 9.58. The third-order valence-corrected chi connectivity index (χ3v) is 2.30. The molecule has 1 atom stereocenters. The summed E-state index contributed by atoms with van der Waals surface area (Å²) < 4.78 is 5.02. The number of dihydropyridines is 1. The van der Waals surface area contributed by atoms with Crippen LogP contribution in [0.15, 0.2) is 40.6 Å². The fourth-order valence-corrected chi connectivity index (χ4v) is 1.50. The highest BCUT2D eigenvalue weighted by atomic mass is 16.5. The minimum atomic E-state index is -0.488. The number of hydrogen-bond donors (Lipinski definition) is 0. The molecule has 1 aliphatic heterocycles. The van der Waals surface area contributed by atoms with E-state index in [0.29, 0.717) is 17.8 Å². The molecule has 1 aliphatic carbocycles. The molecule has 1 amide bonds. The summed E-state index contributed by atoms with van der Waals surface area (Å²) in [5, 5.41) is 0. The van der Waals surface area contributed by atoms with Crippen LogP contribution in [-0.4, -0.2) is 25.0 Å². The van der Waals surface area contributed by atoms with Gasteiger partial charge in [-0.15, -0.1) is 0 Å². The van der Waals surface area contributed by atoms with E-state index < -0.39 is 5.91 Å². The van der Waals surface area contributed by atoms with E-state index >= 15 is 0 Å². The van der Waals surface area contributed by atoms with Crippen LogP contribution in [0, 0.1) is 5.92 Å². The second kappa shape index (κ2) is 3.65. The quantitative estimate of drug-likeness (QED) is 0.493. The number of ether oxygens (including phenoxy) is 1. The Kier molecular flexibility index (Phi) is 2.33. The third kappa shape index (κ3) is 1.66. The molecule has 4 nitrogen and oxygen atoms in total. The second-order valence-electron chi connectivity index (χ2n) is 3.22. The maximum absolute atomic E-state index is 11.3. The number of hydrogen-bond acceptors (Lipinski definition) is 3. The zero-order valence-corrected chi connectivity index (χ0v) is 8.14. The van der Waals surface area contributed by atoms with Gasteiger partial charge < -0.3 is 4.74 Å². The summed E-state index contributed by atoms with van der Waals surface area (Å²) in [6.07, 6.45) is 7.47. The molecule has 0 bridgehead atoms. The molecule has 1 heterocycles. The van der Waals surface area contributed by atoms with Crippen LogP contribution in [0.3, 0.4) is 0 Å². The maximum Gasteiger partial charge on any atom is 0.280 e. The number of carbonyl (C=O) groups excluding carboxylic acids is 2. The van der Waals surface area contributed by atoms with Crippen LogP contribution in [0.2, 0.25) is 0 Å². The fraction of sp³-hybridized carbons (Fsp3) is 0.182. The lowest BCUT2D eigenvalue weighted by molar-refractivity contribution is -0.116. The van der Waals surface area contributed by atoms with Crippen LogP contribution in [0.1, 0.15) is 0 Å². The van der Waals surface area contributed by atoms with E-state index in [9.17, 15) is 9.59 Å². The molecule has 0 saturated carbocycles. The maximum atomic E-state index is 11.3. The number of aldehydes is 1. The Balaban J connectivity index is 2.36. The van der Waals surface area contributed by atoms with E-state index in [4.69, 9.17) is 4.74 Å². The zero-order valence-electron chi connectivity index (χ0n) is 8.14. The summed E-state index contributed by atoms with van der Waals surface area (Å²) in [5.41, 5.74) is 0.729. The molecule has 0 aromatic heterocycles. The summed E-state index contributed by atoms with van der Waals surface area (Å²) in [7, 11) is 1.55. The first-order valence-electron chi connectivity index (χ1n) is 4.48. The topological polar surface area (TPSA) is 55.7 Å². The molecule has 0 spiro atoms. The van der Waals surface area contributed by atoms with Crippen LogP contribution in [0.25, 0.3) is 0 Å². The monoisotopic (exact) mass is 203 g/mol. The van der Waals surface area contributed by atoms with Crippen molar-refractivity contribution in [1.29, 1.82) is 0 Å². The SMILES string of the molecule is COC1=CC2=NC(=O)C(C=O)=CC2C=C1. The van der Waals surface area contributed by atoms with Gasteiger partial charge in [-0.1, -0.05) is 12.2 Å². The number of nitrogens with zero attached hydrogens (tertiary/aromatic N) is 1. The molecular formula is C11H9NO3. The van der Waals surface area contributed by atoms with Crippen LogP contribution >= 0.6 is 0 Å². The van der Waals surface area contributed by atoms with E-state index in [1.165, 1.54) is 0 Å². The molecule has 4 heteroatoms. The van der Waals surface area contributed by atoms with E-state index in [1.807, 2.05) is 6.08 Å². The van der Waals surface area contributed by atoms with E-state index in [0.717, 1.165) is 0 Å². The van der Waals surface area contributed by atoms with Crippen LogP contribution in [0.4, 0.5) is 0 Å². The molecule has 2 rings (SSSR count). The summed E-state index contributed by atoms with van der Waals surface area (Å²) in [6.45, 7) is 0. The van der Waals surface area contributed by atoms with Crippen molar-refractivity contribution < 1.29 is 14.3 Å². The van der Waals surface area contributed by atoms with Crippen molar-refractivity contribution in [1.82, 2.24) is 0 Å². The molecule has 0 fully saturated rings. The minimum absolute atomic E-state index is 0.0956. The number of aliphatic imine (C=N–C) groups is 1. The fourth-order valence-electron chi connectivity index (χ4n) is 1.50. The van der Waals surface area contributed by atoms with Crippen molar-refractivity contribution in [2.24, 2.45) is 10.9 Å². The van der Waals surface area contributed by atoms with E-state index in [-0.39, 0.29) is 11.5 Å². The van der Waals surface area contributed by atoms with Crippen molar-refractivity contribution in [3.05, 3.63) is 35.6 Å². The van der Waals surface area contributed by atoms with Crippen molar-refractivity contribution in [2.45, 2.75) is 0 Å². The Morgan fingerprint density at radius 2 is 2.33 bits per heavy atom. The van der Waals surface area contributed by atoms with Gasteiger partial charge in [-0.3, -0.25) is 9.59 Å². The first-order chi connectivity index (χ1) is 7.24. The van der Waals surface area contributed by atoms with Crippen LogP contribution < -0.4 is 0 Å². The summed E-state index contributed by atoms with van der Waals surface area (Å²) in [6, 6.07) is 0. The lowest BCUT2D eigenvalue weighted by atomic mass is 9.93. The van der Waals surface area contributed by atoms with E-state index in [2.05, 4.69) is 4.99 Å². The molecule has 0 aromatic carbocycles. The van der Waals surface area contributed by atoms with Gasteiger partial charge in [0.15, 0.2) is 6.29 Å². The highest BCUT2D eigenvalue weighted by Gasteiger charge is 2.23. The van der Waals surface area contributed by atoms with Gasteiger partial charge in [0.25, 0.3) is 5.91 Å². The van der Waals surface area contributed by atoms with Crippen molar-refractivity contribution in [3.8, 4) is 0 Å². The van der Waals surface area contributed by atoms with Gasteiger partial charge in [0.1, 0.15) is 5.76 Å². The molecule has 76 valence electrons. The highest BCUT2D eigenvalue weighted by molar-refractivity contribution is 6.20. The van der Waals surface area contributed by atoms with Crippen molar-refractivity contribution in [3.63, 3.8) is 0 Å². The number of methoxy groups -OCH3 is 1.